The third-order valence-electron chi connectivity index (χ3n) is 4.06. The molecule has 1 N–H and O–H groups in total. The molecule has 20 heavy (non-hydrogen) atoms. The molecule has 1 atom stereocenters. The van der Waals surface area contributed by atoms with Gasteiger partial charge in [0.15, 0.2) is 0 Å². The second kappa shape index (κ2) is 6.44. The number of nitrogens with one attached hydrogen (secondary N) is 1. The van der Waals surface area contributed by atoms with Crippen LogP contribution < -0.4 is 5.32 Å². The molecule has 1 aromatic carbocycles. The highest BCUT2D eigenvalue weighted by molar-refractivity contribution is 7.19. The van der Waals surface area contributed by atoms with Gasteiger partial charge in [0.25, 0.3) is 0 Å². The SMILES string of the molecule is CCN(Cc1sc2ccccc2c1Cl)CC1CCCN1. The van der Waals surface area contributed by atoms with Crippen LogP contribution in [0, 0.1) is 0 Å². The van der Waals surface area contributed by atoms with Crippen molar-refractivity contribution in [3.8, 4) is 0 Å². The summed E-state index contributed by atoms with van der Waals surface area (Å²) in [5, 5.41) is 5.72. The lowest BCUT2D eigenvalue weighted by atomic mass is 10.2. The van der Waals surface area contributed by atoms with Crippen LogP contribution in [-0.4, -0.2) is 30.6 Å². The van der Waals surface area contributed by atoms with Gasteiger partial charge < -0.3 is 5.32 Å². The van der Waals surface area contributed by atoms with E-state index in [2.05, 4.69) is 41.4 Å². The van der Waals surface area contributed by atoms with Gasteiger partial charge in [0, 0.05) is 34.1 Å². The van der Waals surface area contributed by atoms with Crippen LogP contribution in [0.1, 0.15) is 24.6 Å². The molecule has 1 aromatic heterocycles. The number of halogens is 1. The molecule has 4 heteroatoms. The molecule has 1 aliphatic rings. The van der Waals surface area contributed by atoms with Gasteiger partial charge in [0.1, 0.15) is 0 Å². The minimum absolute atomic E-state index is 0.656. The fourth-order valence-electron chi connectivity index (χ4n) is 2.90. The lowest BCUT2D eigenvalue weighted by molar-refractivity contribution is 0.255. The first kappa shape index (κ1) is 14.3. The van der Waals surface area contributed by atoms with E-state index in [1.54, 1.807) is 0 Å². The number of hydrogen-bond acceptors (Lipinski definition) is 3. The summed E-state index contributed by atoms with van der Waals surface area (Å²) in [7, 11) is 0. The summed E-state index contributed by atoms with van der Waals surface area (Å²) in [5.41, 5.74) is 0. The summed E-state index contributed by atoms with van der Waals surface area (Å²) >= 11 is 8.37. The second-order valence-corrected chi connectivity index (χ2v) is 6.97. The summed E-state index contributed by atoms with van der Waals surface area (Å²) in [6, 6.07) is 9.07. The van der Waals surface area contributed by atoms with E-state index in [4.69, 9.17) is 11.6 Å². The molecular weight excluding hydrogens is 288 g/mol. The normalized spacial score (nSPS) is 19.2. The van der Waals surface area contributed by atoms with Crippen LogP contribution in [0.15, 0.2) is 24.3 Å². The van der Waals surface area contributed by atoms with Crippen molar-refractivity contribution in [2.45, 2.75) is 32.4 Å². The average Bonchev–Trinajstić information content (AvgIpc) is 3.08. The van der Waals surface area contributed by atoms with Crippen molar-refractivity contribution in [1.29, 1.82) is 0 Å². The lowest BCUT2D eigenvalue weighted by Gasteiger charge is -2.23. The maximum absolute atomic E-state index is 6.54. The quantitative estimate of drug-likeness (QED) is 0.893. The molecular formula is C16H21ClN2S. The average molecular weight is 309 g/mol. The molecule has 0 amide bonds. The molecule has 3 rings (SSSR count). The van der Waals surface area contributed by atoms with Crippen LogP contribution in [0.3, 0.4) is 0 Å². The van der Waals surface area contributed by atoms with Gasteiger partial charge in [-0.1, -0.05) is 36.7 Å². The van der Waals surface area contributed by atoms with Gasteiger partial charge in [-0.15, -0.1) is 11.3 Å². The Labute approximate surface area is 129 Å². The fraction of sp³-hybridized carbons (Fsp3) is 0.500. The highest BCUT2D eigenvalue weighted by atomic mass is 35.5. The van der Waals surface area contributed by atoms with Crippen LogP contribution in [0.4, 0.5) is 0 Å². The zero-order valence-corrected chi connectivity index (χ0v) is 13.4. The summed E-state index contributed by atoms with van der Waals surface area (Å²) in [4.78, 5) is 3.80. The largest absolute Gasteiger partial charge is 0.313 e. The Morgan fingerprint density at radius 3 is 2.95 bits per heavy atom. The molecule has 0 bridgehead atoms. The van der Waals surface area contributed by atoms with Crippen molar-refractivity contribution in [2.24, 2.45) is 0 Å². The predicted molar refractivity (Wildman–Crippen MR) is 88.8 cm³/mol. The first-order valence-electron chi connectivity index (χ1n) is 7.39. The first-order valence-corrected chi connectivity index (χ1v) is 8.59. The predicted octanol–water partition coefficient (Wildman–Crippen LogP) is 4.13. The zero-order valence-electron chi connectivity index (χ0n) is 11.9. The fourth-order valence-corrected chi connectivity index (χ4v) is 4.43. The van der Waals surface area contributed by atoms with Crippen LogP contribution >= 0.6 is 22.9 Å². The summed E-state index contributed by atoms with van der Waals surface area (Å²) in [5.74, 6) is 0. The number of fused-ring (bicyclic) bond motifs is 1. The summed E-state index contributed by atoms with van der Waals surface area (Å²) < 4.78 is 1.29. The third-order valence-corrected chi connectivity index (χ3v) is 5.76. The van der Waals surface area contributed by atoms with Crippen LogP contribution in [0.2, 0.25) is 5.02 Å². The Morgan fingerprint density at radius 1 is 1.40 bits per heavy atom. The molecule has 1 fully saturated rings. The first-order chi connectivity index (χ1) is 9.78. The molecule has 0 saturated carbocycles. The van der Waals surface area contributed by atoms with E-state index in [0.717, 1.165) is 24.7 Å². The molecule has 1 unspecified atom stereocenters. The van der Waals surface area contributed by atoms with E-state index in [0.29, 0.717) is 6.04 Å². The topological polar surface area (TPSA) is 15.3 Å². The monoisotopic (exact) mass is 308 g/mol. The van der Waals surface area contributed by atoms with Crippen molar-refractivity contribution in [3.63, 3.8) is 0 Å². The molecule has 0 aliphatic carbocycles. The minimum Gasteiger partial charge on any atom is -0.313 e. The smallest absolute Gasteiger partial charge is 0.0637 e. The molecule has 2 aromatic rings. The highest BCUT2D eigenvalue weighted by Crippen LogP contribution is 2.35. The van der Waals surface area contributed by atoms with Gasteiger partial charge in [0.05, 0.1) is 5.02 Å². The second-order valence-electron chi connectivity index (χ2n) is 5.46. The number of thiophene rings is 1. The van der Waals surface area contributed by atoms with Crippen molar-refractivity contribution >= 4 is 33.0 Å². The maximum Gasteiger partial charge on any atom is 0.0637 e. The molecule has 2 heterocycles. The van der Waals surface area contributed by atoms with Crippen molar-refractivity contribution < 1.29 is 0 Å². The van der Waals surface area contributed by atoms with Crippen LogP contribution in [-0.2, 0) is 6.54 Å². The molecule has 108 valence electrons. The van der Waals surface area contributed by atoms with Crippen LogP contribution in [0.25, 0.3) is 10.1 Å². The van der Waals surface area contributed by atoms with E-state index in [9.17, 15) is 0 Å². The summed E-state index contributed by atoms with van der Waals surface area (Å²) in [6.07, 6.45) is 2.61. The number of likely N-dealkylation sites (N-methyl/N-ethyl adjacent to an activating group) is 1. The Hall–Kier alpha value is -0.610. The van der Waals surface area contributed by atoms with Crippen molar-refractivity contribution in [2.75, 3.05) is 19.6 Å². The van der Waals surface area contributed by atoms with E-state index in [1.807, 2.05) is 11.3 Å². The molecule has 0 radical (unpaired) electrons. The van der Waals surface area contributed by atoms with Crippen molar-refractivity contribution in [1.82, 2.24) is 10.2 Å². The lowest BCUT2D eigenvalue weighted by Crippen LogP contribution is -2.36. The number of hydrogen-bond donors (Lipinski definition) is 1. The summed E-state index contributed by atoms with van der Waals surface area (Å²) in [6.45, 7) is 6.57. The van der Waals surface area contributed by atoms with Gasteiger partial charge in [-0.3, -0.25) is 4.90 Å². The molecule has 1 saturated heterocycles. The van der Waals surface area contributed by atoms with Crippen molar-refractivity contribution in [3.05, 3.63) is 34.2 Å². The third kappa shape index (κ3) is 3.01. The molecule has 2 nitrogen and oxygen atoms in total. The Kier molecular flexibility index (Phi) is 4.61. The van der Waals surface area contributed by atoms with E-state index < -0.39 is 0 Å². The number of nitrogens with zero attached hydrogens (tertiary/aromatic N) is 1. The van der Waals surface area contributed by atoms with E-state index >= 15 is 0 Å². The minimum atomic E-state index is 0.656. The molecule has 0 spiro atoms. The van der Waals surface area contributed by atoms with Gasteiger partial charge in [-0.25, -0.2) is 0 Å². The molecule has 1 aliphatic heterocycles. The van der Waals surface area contributed by atoms with Gasteiger partial charge in [0.2, 0.25) is 0 Å². The Balaban J connectivity index is 1.74. The van der Waals surface area contributed by atoms with E-state index in [1.165, 1.54) is 34.3 Å². The van der Waals surface area contributed by atoms with Gasteiger partial charge >= 0.3 is 0 Å². The highest BCUT2D eigenvalue weighted by Gasteiger charge is 2.19. The van der Waals surface area contributed by atoms with Gasteiger partial charge in [-0.05, 0) is 32.0 Å². The Bertz CT molecular complexity index is 575. The van der Waals surface area contributed by atoms with E-state index in [-0.39, 0.29) is 0 Å². The van der Waals surface area contributed by atoms with Crippen LogP contribution in [0.5, 0.6) is 0 Å². The number of rotatable bonds is 5. The zero-order chi connectivity index (χ0) is 13.9. The standard InChI is InChI=1S/C16H21ClN2S/c1-2-19(10-12-6-5-9-18-12)11-15-16(17)13-7-3-4-8-14(13)20-15/h3-4,7-8,12,18H,2,5-6,9-11H2,1H3. The number of benzene rings is 1. The van der Waals surface area contributed by atoms with Gasteiger partial charge in [-0.2, -0.15) is 0 Å². The Morgan fingerprint density at radius 2 is 2.25 bits per heavy atom. The maximum atomic E-state index is 6.54.